The molecule has 0 unspecified atom stereocenters. The standard InChI is InChI=1S/C20H22N2O3S2/c1-3-15-6-4-7-17-19(15)22-20(26-17)21-18(23)8-5-13-27(24,25)16-11-9-14(2)10-12-16/h4,6-7,9-12H,3,5,8,13H2,1-2H3,(H,21,22,23). The van der Waals surface area contributed by atoms with Crippen LogP contribution < -0.4 is 5.32 Å². The van der Waals surface area contributed by atoms with Crippen LogP contribution >= 0.6 is 11.3 Å². The summed E-state index contributed by atoms with van der Waals surface area (Å²) in [5, 5.41) is 3.34. The van der Waals surface area contributed by atoms with Gasteiger partial charge in [0.25, 0.3) is 0 Å². The summed E-state index contributed by atoms with van der Waals surface area (Å²) >= 11 is 1.43. The molecule has 5 nitrogen and oxygen atoms in total. The normalized spacial score (nSPS) is 11.6. The van der Waals surface area contributed by atoms with Gasteiger partial charge in [0.2, 0.25) is 5.91 Å². The highest BCUT2D eigenvalue weighted by atomic mass is 32.2. The number of sulfone groups is 1. The van der Waals surface area contributed by atoms with Gasteiger partial charge in [-0.2, -0.15) is 0 Å². The van der Waals surface area contributed by atoms with Crippen molar-refractivity contribution < 1.29 is 13.2 Å². The van der Waals surface area contributed by atoms with Crippen molar-refractivity contribution in [3.8, 4) is 0 Å². The Labute approximate surface area is 163 Å². The summed E-state index contributed by atoms with van der Waals surface area (Å²) in [7, 11) is -3.37. The van der Waals surface area contributed by atoms with Gasteiger partial charge in [0, 0.05) is 6.42 Å². The zero-order valence-corrected chi connectivity index (χ0v) is 17.0. The number of fused-ring (bicyclic) bond motifs is 1. The summed E-state index contributed by atoms with van der Waals surface area (Å²) in [5.74, 6) is -0.269. The minimum Gasteiger partial charge on any atom is -0.302 e. The van der Waals surface area contributed by atoms with Crippen LogP contribution in [0.4, 0.5) is 5.13 Å². The number of rotatable bonds is 7. The molecule has 1 aromatic heterocycles. The van der Waals surface area contributed by atoms with E-state index < -0.39 is 9.84 Å². The van der Waals surface area contributed by atoms with Gasteiger partial charge in [0.1, 0.15) is 0 Å². The van der Waals surface area contributed by atoms with Gasteiger partial charge in [0.15, 0.2) is 15.0 Å². The third-order valence-corrected chi connectivity index (χ3v) is 7.08. The van der Waals surface area contributed by atoms with Crippen LogP contribution in [0.25, 0.3) is 10.2 Å². The summed E-state index contributed by atoms with van der Waals surface area (Å²) in [5.41, 5.74) is 3.08. The molecule has 0 spiro atoms. The molecule has 0 fully saturated rings. The Hall–Kier alpha value is -2.25. The molecule has 0 saturated carbocycles. The van der Waals surface area contributed by atoms with Crippen LogP contribution in [-0.2, 0) is 21.1 Å². The Balaban J connectivity index is 1.58. The fourth-order valence-corrected chi connectivity index (χ4v) is 5.05. The second-order valence-corrected chi connectivity index (χ2v) is 9.56. The first-order valence-electron chi connectivity index (χ1n) is 8.87. The van der Waals surface area contributed by atoms with Crippen LogP contribution in [0.15, 0.2) is 47.4 Å². The molecule has 3 rings (SSSR count). The van der Waals surface area contributed by atoms with Crippen LogP contribution in [-0.4, -0.2) is 25.1 Å². The number of amides is 1. The van der Waals surface area contributed by atoms with Crippen molar-refractivity contribution in [3.63, 3.8) is 0 Å². The number of anilines is 1. The summed E-state index contributed by atoms with van der Waals surface area (Å²) in [6.45, 7) is 3.98. The van der Waals surface area contributed by atoms with E-state index in [0.29, 0.717) is 10.0 Å². The number of hydrogen-bond acceptors (Lipinski definition) is 5. The molecule has 7 heteroatoms. The SMILES string of the molecule is CCc1cccc2sc(NC(=O)CCCS(=O)(=O)c3ccc(C)cc3)nc12. The Morgan fingerprint density at radius 2 is 1.89 bits per heavy atom. The average molecular weight is 403 g/mol. The second kappa shape index (κ2) is 8.19. The Kier molecular flexibility index (Phi) is 5.92. The van der Waals surface area contributed by atoms with Crippen LogP contribution in [0.2, 0.25) is 0 Å². The molecule has 142 valence electrons. The minimum absolute atomic E-state index is 0.0523. The van der Waals surface area contributed by atoms with Gasteiger partial charge in [-0.1, -0.05) is 48.1 Å². The van der Waals surface area contributed by atoms with Crippen molar-refractivity contribution in [2.24, 2.45) is 0 Å². The fourth-order valence-electron chi connectivity index (χ4n) is 2.81. The predicted molar refractivity (Wildman–Crippen MR) is 110 cm³/mol. The lowest BCUT2D eigenvalue weighted by molar-refractivity contribution is -0.116. The first kappa shape index (κ1) is 19.5. The lowest BCUT2D eigenvalue weighted by Crippen LogP contribution is -2.14. The highest BCUT2D eigenvalue weighted by molar-refractivity contribution is 7.91. The molecule has 2 aromatic carbocycles. The summed E-state index contributed by atoms with van der Waals surface area (Å²) in [4.78, 5) is 17.0. The maximum atomic E-state index is 12.3. The van der Waals surface area contributed by atoms with E-state index in [-0.39, 0.29) is 24.5 Å². The van der Waals surface area contributed by atoms with E-state index in [1.807, 2.05) is 25.1 Å². The fraction of sp³-hybridized carbons (Fsp3) is 0.300. The lowest BCUT2D eigenvalue weighted by Gasteiger charge is -2.05. The molecule has 0 bridgehead atoms. The molecule has 1 N–H and O–H groups in total. The molecule has 3 aromatic rings. The van der Waals surface area contributed by atoms with Gasteiger partial charge >= 0.3 is 0 Å². The van der Waals surface area contributed by atoms with Gasteiger partial charge in [-0.15, -0.1) is 0 Å². The smallest absolute Gasteiger partial charge is 0.226 e. The van der Waals surface area contributed by atoms with Gasteiger partial charge in [-0.25, -0.2) is 13.4 Å². The maximum absolute atomic E-state index is 12.3. The largest absolute Gasteiger partial charge is 0.302 e. The van der Waals surface area contributed by atoms with Crippen LogP contribution in [0.1, 0.15) is 30.9 Å². The summed E-state index contributed by atoms with van der Waals surface area (Å²) < 4.78 is 25.7. The first-order chi connectivity index (χ1) is 12.9. The first-order valence-corrected chi connectivity index (χ1v) is 11.3. The quantitative estimate of drug-likeness (QED) is 0.637. The van der Waals surface area contributed by atoms with Crippen molar-refractivity contribution in [2.75, 3.05) is 11.1 Å². The molecule has 0 saturated heterocycles. The summed E-state index contributed by atoms with van der Waals surface area (Å²) in [6, 6.07) is 12.8. The highest BCUT2D eigenvalue weighted by Gasteiger charge is 2.15. The predicted octanol–water partition coefficient (Wildman–Crippen LogP) is 4.36. The van der Waals surface area contributed by atoms with Crippen molar-refractivity contribution >= 4 is 42.4 Å². The van der Waals surface area contributed by atoms with Crippen molar-refractivity contribution in [3.05, 3.63) is 53.6 Å². The zero-order chi connectivity index (χ0) is 19.4. The monoisotopic (exact) mass is 402 g/mol. The Morgan fingerprint density at radius 3 is 2.59 bits per heavy atom. The number of aromatic nitrogens is 1. The number of benzene rings is 2. The third kappa shape index (κ3) is 4.73. The molecule has 0 atom stereocenters. The van der Waals surface area contributed by atoms with Crippen molar-refractivity contribution in [1.29, 1.82) is 0 Å². The van der Waals surface area contributed by atoms with E-state index in [0.717, 1.165) is 27.8 Å². The number of para-hydroxylation sites is 1. The Bertz CT molecular complexity index is 1050. The number of carbonyl (C=O) groups excluding carboxylic acids is 1. The molecule has 0 aliphatic carbocycles. The number of thiazole rings is 1. The van der Waals surface area contributed by atoms with E-state index >= 15 is 0 Å². The average Bonchev–Trinajstić information content (AvgIpc) is 3.04. The highest BCUT2D eigenvalue weighted by Crippen LogP contribution is 2.28. The molecule has 0 aliphatic rings. The van der Waals surface area contributed by atoms with Crippen LogP contribution in [0, 0.1) is 6.92 Å². The number of hydrogen-bond donors (Lipinski definition) is 1. The maximum Gasteiger partial charge on any atom is 0.226 e. The third-order valence-electron chi connectivity index (χ3n) is 4.33. The topological polar surface area (TPSA) is 76.1 Å². The number of nitrogens with one attached hydrogen (secondary N) is 1. The van der Waals surface area contributed by atoms with Gasteiger partial charge in [0.05, 0.1) is 20.9 Å². The van der Waals surface area contributed by atoms with Crippen molar-refractivity contribution in [1.82, 2.24) is 4.98 Å². The number of carbonyl (C=O) groups is 1. The minimum atomic E-state index is -3.37. The molecule has 0 aliphatic heterocycles. The van der Waals surface area contributed by atoms with Crippen LogP contribution in [0.3, 0.4) is 0 Å². The van der Waals surface area contributed by atoms with Gasteiger partial charge in [-0.05, 0) is 43.5 Å². The molecular formula is C20H22N2O3S2. The van der Waals surface area contributed by atoms with E-state index in [9.17, 15) is 13.2 Å². The molecule has 1 amide bonds. The number of aryl methyl sites for hydroxylation is 2. The van der Waals surface area contributed by atoms with E-state index in [1.54, 1.807) is 24.3 Å². The van der Waals surface area contributed by atoms with Crippen LogP contribution in [0.5, 0.6) is 0 Å². The molecule has 0 radical (unpaired) electrons. The zero-order valence-electron chi connectivity index (χ0n) is 15.4. The van der Waals surface area contributed by atoms with E-state index in [4.69, 9.17) is 0 Å². The van der Waals surface area contributed by atoms with Gasteiger partial charge in [-0.3, -0.25) is 4.79 Å². The van der Waals surface area contributed by atoms with E-state index in [2.05, 4.69) is 17.2 Å². The van der Waals surface area contributed by atoms with Crippen molar-refractivity contribution in [2.45, 2.75) is 38.0 Å². The summed E-state index contributed by atoms with van der Waals surface area (Å²) in [6.07, 6.45) is 1.29. The molecular weight excluding hydrogens is 380 g/mol. The van der Waals surface area contributed by atoms with E-state index in [1.165, 1.54) is 11.3 Å². The molecule has 1 heterocycles. The van der Waals surface area contributed by atoms with Gasteiger partial charge < -0.3 is 5.32 Å². The number of nitrogens with zero attached hydrogens (tertiary/aromatic N) is 1. The Morgan fingerprint density at radius 1 is 1.15 bits per heavy atom. The lowest BCUT2D eigenvalue weighted by atomic mass is 10.1. The second-order valence-electron chi connectivity index (χ2n) is 6.42. The molecule has 27 heavy (non-hydrogen) atoms.